The molecule has 0 fully saturated rings. The summed E-state index contributed by atoms with van der Waals surface area (Å²) in [7, 11) is 0. The van der Waals surface area contributed by atoms with Crippen molar-refractivity contribution in [1.29, 1.82) is 0 Å². The lowest BCUT2D eigenvalue weighted by atomic mass is 9.90. The molecule has 0 radical (unpaired) electrons. The second-order valence-electron chi connectivity index (χ2n) is 12.0. The van der Waals surface area contributed by atoms with E-state index in [1.54, 1.807) is 0 Å². The van der Waals surface area contributed by atoms with Crippen LogP contribution in [0, 0.1) is 0 Å². The number of nitrogens with zero attached hydrogens (tertiary/aromatic N) is 2. The summed E-state index contributed by atoms with van der Waals surface area (Å²) in [5, 5.41) is 2.24. The zero-order chi connectivity index (χ0) is 31.6. The molecule has 0 N–H and O–H groups in total. The van der Waals surface area contributed by atoms with Crippen molar-refractivity contribution in [1.82, 2.24) is 9.97 Å². The smallest absolute Gasteiger partial charge is 0.0978 e. The van der Waals surface area contributed by atoms with Crippen LogP contribution in [-0.2, 0) is 25.7 Å². The maximum atomic E-state index is 5.53. The average Bonchev–Trinajstić information content (AvgIpc) is 3.13. The Morgan fingerprint density at radius 3 is 1.17 bits per heavy atom. The third-order valence-corrected chi connectivity index (χ3v) is 9.49. The fraction of sp³-hybridized carbons (Fsp3) is 0.182. The largest absolute Gasteiger partial charge is 0.245 e. The number of benzene rings is 5. The van der Waals surface area contributed by atoms with Gasteiger partial charge in [-0.3, -0.25) is 0 Å². The Morgan fingerprint density at radius 2 is 0.804 bits per heavy atom. The van der Waals surface area contributed by atoms with Crippen LogP contribution < -0.4 is 0 Å². The Kier molecular flexibility index (Phi) is 8.20. The number of hydrogen-bond donors (Lipinski definition) is 0. The Balaban J connectivity index is 1.63. The fourth-order valence-electron chi connectivity index (χ4n) is 7.21. The Bertz CT molecular complexity index is 2020. The number of rotatable bonds is 8. The number of hydrogen-bond acceptors (Lipinski definition) is 2. The molecule has 0 saturated heterocycles. The molecule has 0 bridgehead atoms. The summed E-state index contributed by atoms with van der Waals surface area (Å²) >= 11 is 0. The molecule has 0 aliphatic heterocycles. The second kappa shape index (κ2) is 12.7. The van der Waals surface area contributed by atoms with Gasteiger partial charge in [-0.1, -0.05) is 137 Å². The van der Waals surface area contributed by atoms with Crippen molar-refractivity contribution in [3.8, 4) is 44.8 Å². The lowest BCUT2D eigenvalue weighted by Gasteiger charge is -2.18. The third kappa shape index (κ3) is 5.18. The molecule has 0 aliphatic rings. The van der Waals surface area contributed by atoms with Gasteiger partial charge in [0.2, 0.25) is 0 Å². The van der Waals surface area contributed by atoms with E-state index < -0.39 is 0 Å². The quantitative estimate of drug-likeness (QED) is 0.163. The standard InChI is InChI=1S/C44H40N2/c1-5-29-21-15-23-35(33(29)7-3)41-27-39(31-17-11-9-12-18-31)37-25-26-38-40(32-19-13-10-14-20-32)28-42(46-44(38)43(37)45-41)36-24-16-22-30(6-2)34(36)8-4/h9-28H,5-8H2,1-4H3. The molecule has 0 spiro atoms. The van der Waals surface area contributed by atoms with Gasteiger partial charge in [-0.2, -0.15) is 0 Å². The highest BCUT2D eigenvalue weighted by atomic mass is 14.8. The molecule has 7 rings (SSSR count). The molecule has 2 heterocycles. The van der Waals surface area contributed by atoms with Gasteiger partial charge in [0.25, 0.3) is 0 Å². The summed E-state index contributed by atoms with van der Waals surface area (Å²) in [4.78, 5) is 11.1. The normalized spacial score (nSPS) is 11.4. The lowest BCUT2D eigenvalue weighted by Crippen LogP contribution is -2.00. The summed E-state index contributed by atoms with van der Waals surface area (Å²) in [5.74, 6) is 0. The topological polar surface area (TPSA) is 25.8 Å². The van der Waals surface area contributed by atoms with E-state index in [-0.39, 0.29) is 0 Å². The van der Waals surface area contributed by atoms with Crippen molar-refractivity contribution < 1.29 is 0 Å². The Hall–Kier alpha value is -5.08. The van der Waals surface area contributed by atoms with Crippen LogP contribution >= 0.6 is 0 Å². The highest BCUT2D eigenvalue weighted by Gasteiger charge is 2.19. The first-order chi connectivity index (χ1) is 22.6. The van der Waals surface area contributed by atoms with Crippen LogP contribution in [0.25, 0.3) is 66.6 Å². The van der Waals surface area contributed by atoms with E-state index in [1.807, 2.05) is 0 Å². The summed E-state index contributed by atoms with van der Waals surface area (Å²) in [6, 6.07) is 43.9. The molecule has 46 heavy (non-hydrogen) atoms. The summed E-state index contributed by atoms with van der Waals surface area (Å²) in [5.41, 5.74) is 16.6. The van der Waals surface area contributed by atoms with Crippen LogP contribution in [0.5, 0.6) is 0 Å². The molecular weight excluding hydrogens is 556 g/mol. The zero-order valence-electron chi connectivity index (χ0n) is 27.3. The molecule has 0 amide bonds. The van der Waals surface area contributed by atoms with Crippen LogP contribution in [0.1, 0.15) is 49.9 Å². The first kappa shape index (κ1) is 29.6. The van der Waals surface area contributed by atoms with Crippen LogP contribution in [-0.4, -0.2) is 9.97 Å². The van der Waals surface area contributed by atoms with E-state index in [2.05, 4.69) is 149 Å². The number of aromatic nitrogens is 2. The van der Waals surface area contributed by atoms with E-state index >= 15 is 0 Å². The van der Waals surface area contributed by atoms with Crippen LogP contribution in [0.15, 0.2) is 121 Å². The van der Waals surface area contributed by atoms with Crippen molar-refractivity contribution in [3.63, 3.8) is 0 Å². The number of aryl methyl sites for hydroxylation is 2. The van der Waals surface area contributed by atoms with Gasteiger partial charge in [-0.15, -0.1) is 0 Å². The van der Waals surface area contributed by atoms with Gasteiger partial charge in [0, 0.05) is 21.9 Å². The van der Waals surface area contributed by atoms with Crippen molar-refractivity contribution in [2.24, 2.45) is 0 Å². The molecular formula is C44H40N2. The summed E-state index contributed by atoms with van der Waals surface area (Å²) in [6.45, 7) is 8.98. The minimum absolute atomic E-state index is 0.946. The van der Waals surface area contributed by atoms with Crippen molar-refractivity contribution >= 4 is 21.8 Å². The SMILES string of the molecule is CCc1cccc(-c2cc(-c3ccccc3)c3ccc4c(-c5ccccc5)cc(-c5cccc(CC)c5CC)nc4c3n2)c1CC. The van der Waals surface area contributed by atoms with Gasteiger partial charge in [0.1, 0.15) is 0 Å². The van der Waals surface area contributed by atoms with Crippen LogP contribution in [0.4, 0.5) is 0 Å². The van der Waals surface area contributed by atoms with Crippen molar-refractivity contribution in [2.45, 2.75) is 53.4 Å². The molecule has 226 valence electrons. The Labute approximate surface area is 272 Å². The van der Waals surface area contributed by atoms with Gasteiger partial charge in [-0.25, -0.2) is 9.97 Å². The molecule has 0 unspecified atom stereocenters. The molecule has 7 aromatic rings. The van der Waals surface area contributed by atoms with Gasteiger partial charge >= 0.3 is 0 Å². The highest BCUT2D eigenvalue weighted by Crippen LogP contribution is 2.40. The first-order valence-corrected chi connectivity index (χ1v) is 16.8. The van der Waals surface area contributed by atoms with E-state index in [1.165, 1.54) is 55.6 Å². The van der Waals surface area contributed by atoms with E-state index in [0.29, 0.717) is 0 Å². The maximum Gasteiger partial charge on any atom is 0.0978 e. The van der Waals surface area contributed by atoms with Gasteiger partial charge in [0.15, 0.2) is 0 Å². The lowest BCUT2D eigenvalue weighted by molar-refractivity contribution is 1.04. The Morgan fingerprint density at radius 1 is 0.391 bits per heavy atom. The minimum atomic E-state index is 0.946. The van der Waals surface area contributed by atoms with Gasteiger partial charge in [0.05, 0.1) is 22.4 Å². The first-order valence-electron chi connectivity index (χ1n) is 16.8. The summed E-state index contributed by atoms with van der Waals surface area (Å²) in [6.07, 6.45) is 3.93. The molecule has 0 atom stereocenters. The number of fused-ring (bicyclic) bond motifs is 3. The highest BCUT2D eigenvalue weighted by molar-refractivity contribution is 6.13. The number of pyridine rings is 2. The molecule has 5 aromatic carbocycles. The molecule has 0 saturated carbocycles. The van der Waals surface area contributed by atoms with E-state index in [0.717, 1.165) is 58.9 Å². The second-order valence-corrected chi connectivity index (χ2v) is 12.0. The average molecular weight is 597 g/mol. The monoisotopic (exact) mass is 596 g/mol. The molecule has 2 aromatic heterocycles. The van der Waals surface area contributed by atoms with Gasteiger partial charge in [-0.05, 0) is 82.3 Å². The zero-order valence-corrected chi connectivity index (χ0v) is 27.3. The predicted octanol–water partition coefficient (Wildman–Crippen LogP) is 11.7. The summed E-state index contributed by atoms with van der Waals surface area (Å²) < 4.78 is 0. The van der Waals surface area contributed by atoms with Gasteiger partial charge < -0.3 is 0 Å². The fourth-order valence-corrected chi connectivity index (χ4v) is 7.21. The van der Waals surface area contributed by atoms with Crippen LogP contribution in [0.2, 0.25) is 0 Å². The molecule has 2 nitrogen and oxygen atoms in total. The maximum absolute atomic E-state index is 5.53. The van der Waals surface area contributed by atoms with E-state index in [4.69, 9.17) is 9.97 Å². The van der Waals surface area contributed by atoms with E-state index in [9.17, 15) is 0 Å². The minimum Gasteiger partial charge on any atom is -0.245 e. The van der Waals surface area contributed by atoms with Crippen molar-refractivity contribution in [3.05, 3.63) is 144 Å². The predicted molar refractivity (Wildman–Crippen MR) is 196 cm³/mol. The molecule has 2 heteroatoms. The third-order valence-electron chi connectivity index (χ3n) is 9.49. The molecule has 0 aliphatic carbocycles. The van der Waals surface area contributed by atoms with Crippen molar-refractivity contribution in [2.75, 3.05) is 0 Å². The van der Waals surface area contributed by atoms with Crippen LogP contribution in [0.3, 0.4) is 0 Å².